The van der Waals surface area contributed by atoms with Gasteiger partial charge in [-0.25, -0.2) is 15.0 Å². The third-order valence-electron chi connectivity index (χ3n) is 8.82. The number of hydrogen-bond acceptors (Lipinski definition) is 4. The van der Waals surface area contributed by atoms with Gasteiger partial charge in [0.2, 0.25) is 0 Å². The molecule has 9 rings (SSSR count). The maximum absolute atomic E-state index is 5.19. The minimum Gasteiger partial charge on any atom is -0.235 e. The van der Waals surface area contributed by atoms with Crippen LogP contribution in [0.3, 0.4) is 0 Å². The zero-order chi connectivity index (χ0) is 31.9. The minimum atomic E-state index is 0.707. The molecule has 0 fully saturated rings. The smallest absolute Gasteiger partial charge is 0.160 e. The van der Waals surface area contributed by atoms with Gasteiger partial charge in [-0.05, 0) is 57.6 Å². The minimum absolute atomic E-state index is 0.707. The van der Waals surface area contributed by atoms with Crippen LogP contribution < -0.4 is 0 Å². The first kappa shape index (κ1) is 28.1. The van der Waals surface area contributed by atoms with Crippen LogP contribution in [0.1, 0.15) is 11.4 Å². The van der Waals surface area contributed by atoms with Gasteiger partial charge in [0.15, 0.2) is 5.82 Å². The summed E-state index contributed by atoms with van der Waals surface area (Å²) in [5.74, 6) is 6.93. The molecule has 0 radical (unpaired) electrons. The van der Waals surface area contributed by atoms with E-state index in [0.29, 0.717) is 5.82 Å². The largest absolute Gasteiger partial charge is 0.235 e. The van der Waals surface area contributed by atoms with Crippen LogP contribution in [0.25, 0.3) is 82.4 Å². The van der Waals surface area contributed by atoms with Crippen molar-refractivity contribution in [2.45, 2.75) is 6.42 Å². The number of allylic oxidation sites excluding steroid dienone is 4. The summed E-state index contributed by atoms with van der Waals surface area (Å²) in [7, 11) is 0. The Bertz CT molecular complexity index is 2560. The van der Waals surface area contributed by atoms with Crippen molar-refractivity contribution in [2.24, 2.45) is 0 Å². The molecule has 48 heavy (non-hydrogen) atoms. The molecule has 0 saturated heterocycles. The molecule has 0 bridgehead atoms. The number of aromatic nitrogens is 3. The molecule has 0 atom stereocenters. The van der Waals surface area contributed by atoms with Gasteiger partial charge in [-0.1, -0.05) is 133 Å². The van der Waals surface area contributed by atoms with E-state index in [9.17, 15) is 0 Å². The Hall–Kier alpha value is -6.15. The number of rotatable bonds is 5. The Morgan fingerprint density at radius 3 is 1.96 bits per heavy atom. The van der Waals surface area contributed by atoms with Crippen molar-refractivity contribution < 1.29 is 0 Å². The van der Waals surface area contributed by atoms with E-state index in [1.54, 1.807) is 11.3 Å². The fourth-order valence-electron chi connectivity index (χ4n) is 6.37. The van der Waals surface area contributed by atoms with E-state index in [1.165, 1.54) is 26.2 Å². The van der Waals surface area contributed by atoms with E-state index < -0.39 is 0 Å². The van der Waals surface area contributed by atoms with E-state index in [0.717, 1.165) is 61.7 Å². The highest BCUT2D eigenvalue weighted by Crippen LogP contribution is 2.38. The summed E-state index contributed by atoms with van der Waals surface area (Å²) in [5.41, 5.74) is 9.38. The van der Waals surface area contributed by atoms with Gasteiger partial charge in [0.05, 0.1) is 21.6 Å². The molecule has 1 aliphatic carbocycles. The first-order valence-electron chi connectivity index (χ1n) is 16.0. The van der Waals surface area contributed by atoms with Crippen LogP contribution in [-0.2, 0) is 0 Å². The van der Waals surface area contributed by atoms with Crippen molar-refractivity contribution in [3.8, 4) is 56.9 Å². The van der Waals surface area contributed by atoms with Gasteiger partial charge in [-0.3, -0.25) is 0 Å². The number of fused-ring (bicyclic) bond motifs is 5. The lowest BCUT2D eigenvalue weighted by molar-refractivity contribution is 1.18. The number of hydrogen-bond donors (Lipinski definition) is 0. The molecule has 1 aliphatic rings. The van der Waals surface area contributed by atoms with Crippen molar-refractivity contribution >= 4 is 48.7 Å². The highest BCUT2D eigenvalue weighted by Gasteiger charge is 2.14. The van der Waals surface area contributed by atoms with Gasteiger partial charge in [0, 0.05) is 34.1 Å². The van der Waals surface area contributed by atoms with Gasteiger partial charge in [0.25, 0.3) is 0 Å². The van der Waals surface area contributed by atoms with E-state index in [-0.39, 0.29) is 0 Å². The molecule has 2 heterocycles. The van der Waals surface area contributed by atoms with Crippen LogP contribution in [0, 0.1) is 11.8 Å². The molecule has 224 valence electrons. The zero-order valence-electron chi connectivity index (χ0n) is 25.9. The fraction of sp³-hybridized carbons (Fsp3) is 0.0227. The summed E-state index contributed by atoms with van der Waals surface area (Å²) >= 11 is 1.74. The summed E-state index contributed by atoms with van der Waals surface area (Å²) in [6.45, 7) is 0. The first-order chi connectivity index (χ1) is 23.8. The Kier molecular flexibility index (Phi) is 6.96. The van der Waals surface area contributed by atoms with E-state index in [4.69, 9.17) is 15.0 Å². The van der Waals surface area contributed by atoms with Gasteiger partial charge >= 0.3 is 0 Å². The molecule has 0 saturated carbocycles. The van der Waals surface area contributed by atoms with Crippen molar-refractivity contribution in [2.75, 3.05) is 0 Å². The molecule has 4 heteroatoms. The Labute approximate surface area is 282 Å². The summed E-state index contributed by atoms with van der Waals surface area (Å²) in [6.07, 6.45) is 6.90. The number of nitrogens with zero attached hydrogens (tertiary/aromatic N) is 3. The summed E-state index contributed by atoms with van der Waals surface area (Å²) < 4.78 is 1.19. The van der Waals surface area contributed by atoms with Crippen LogP contribution in [-0.4, -0.2) is 15.0 Å². The van der Waals surface area contributed by atoms with E-state index in [1.807, 2.05) is 42.5 Å². The first-order valence-corrected chi connectivity index (χ1v) is 16.8. The molecule has 6 aromatic carbocycles. The lowest BCUT2D eigenvalue weighted by atomic mass is 9.96. The SMILES string of the molecule is C1#CCC=C(c2nc3c(ccc4ccc5ccc(-c6ccc(-c7nc(-c8ccccc8)cc(-c8ccccc8)n7)cc6)cc5c43)s2)C=C1. The average molecular weight is 630 g/mol. The fourth-order valence-corrected chi connectivity index (χ4v) is 7.37. The Morgan fingerprint density at radius 1 is 0.562 bits per heavy atom. The second kappa shape index (κ2) is 11.9. The van der Waals surface area contributed by atoms with Gasteiger partial charge in [0.1, 0.15) is 5.01 Å². The number of benzene rings is 6. The van der Waals surface area contributed by atoms with Crippen molar-refractivity contribution in [1.29, 1.82) is 0 Å². The quantitative estimate of drug-likeness (QED) is 0.140. The summed E-state index contributed by atoms with van der Waals surface area (Å²) in [6, 6.07) is 46.8. The predicted molar refractivity (Wildman–Crippen MR) is 201 cm³/mol. The molecular formula is C44H27N3S. The molecule has 8 aromatic rings. The topological polar surface area (TPSA) is 38.7 Å². The second-order valence-corrected chi connectivity index (χ2v) is 12.9. The monoisotopic (exact) mass is 629 g/mol. The van der Waals surface area contributed by atoms with Crippen LogP contribution in [0.4, 0.5) is 0 Å². The van der Waals surface area contributed by atoms with Crippen molar-refractivity contribution in [3.05, 3.63) is 157 Å². The summed E-state index contributed by atoms with van der Waals surface area (Å²) in [5, 5.41) is 5.82. The molecular weight excluding hydrogens is 603 g/mol. The van der Waals surface area contributed by atoms with E-state index in [2.05, 4.69) is 121 Å². The molecule has 0 N–H and O–H groups in total. The van der Waals surface area contributed by atoms with Gasteiger partial charge in [-0.15, -0.1) is 11.3 Å². The lowest BCUT2D eigenvalue weighted by Gasteiger charge is -2.11. The van der Waals surface area contributed by atoms with Crippen molar-refractivity contribution in [1.82, 2.24) is 15.0 Å². The average Bonchev–Trinajstić information content (AvgIpc) is 3.41. The molecule has 0 amide bonds. The third kappa shape index (κ3) is 5.17. The van der Waals surface area contributed by atoms with Crippen LogP contribution in [0.5, 0.6) is 0 Å². The highest BCUT2D eigenvalue weighted by atomic mass is 32.1. The Balaban J connectivity index is 1.13. The number of thiazole rings is 1. The van der Waals surface area contributed by atoms with E-state index >= 15 is 0 Å². The molecule has 0 spiro atoms. The maximum atomic E-state index is 5.19. The van der Waals surface area contributed by atoms with Gasteiger partial charge in [-0.2, -0.15) is 0 Å². The molecule has 3 nitrogen and oxygen atoms in total. The normalized spacial score (nSPS) is 12.5. The standard InChI is InChI=1S/C44H27N3S/c1-2-6-16-35(15-5-1)44-47-42-40(48-44)26-25-33-21-19-30-20-24-36(27-37(30)41(33)42)29-17-22-34(23-18-29)43-45-38(31-11-7-3-8-12-31)28-39(46-43)32-13-9-4-10-14-32/h3-5,7-28H,6H2. The Morgan fingerprint density at radius 2 is 1.21 bits per heavy atom. The van der Waals surface area contributed by atoms with Crippen LogP contribution in [0.2, 0.25) is 0 Å². The molecule has 2 aromatic heterocycles. The summed E-state index contributed by atoms with van der Waals surface area (Å²) in [4.78, 5) is 15.2. The highest BCUT2D eigenvalue weighted by molar-refractivity contribution is 7.19. The van der Waals surface area contributed by atoms with Crippen LogP contribution >= 0.6 is 11.3 Å². The predicted octanol–water partition coefficient (Wildman–Crippen LogP) is 11.4. The third-order valence-corrected chi connectivity index (χ3v) is 9.89. The van der Waals surface area contributed by atoms with Crippen LogP contribution in [0.15, 0.2) is 152 Å². The molecule has 0 aliphatic heterocycles. The second-order valence-electron chi connectivity index (χ2n) is 11.8. The lowest BCUT2D eigenvalue weighted by Crippen LogP contribution is -1.95. The van der Waals surface area contributed by atoms with Crippen molar-refractivity contribution in [3.63, 3.8) is 0 Å². The molecule has 0 unspecified atom stereocenters. The zero-order valence-corrected chi connectivity index (χ0v) is 26.7. The maximum Gasteiger partial charge on any atom is 0.160 e. The van der Waals surface area contributed by atoms with Gasteiger partial charge < -0.3 is 0 Å².